The first-order chi connectivity index (χ1) is 14.7. The molecule has 1 aromatic carbocycles. The Balaban J connectivity index is 1.47. The van der Waals surface area contributed by atoms with Gasteiger partial charge in [-0.05, 0) is 51.3 Å². The summed E-state index contributed by atoms with van der Waals surface area (Å²) in [6.07, 6.45) is 2.08. The Labute approximate surface area is 178 Å². The van der Waals surface area contributed by atoms with E-state index in [2.05, 4.69) is 20.2 Å². The first-order valence-electron chi connectivity index (χ1n) is 10.1. The van der Waals surface area contributed by atoms with Gasteiger partial charge in [0.05, 0.1) is 11.2 Å². The summed E-state index contributed by atoms with van der Waals surface area (Å²) in [4.78, 5) is 23.0. The largest absolute Gasteiger partial charge is 0.368 e. The van der Waals surface area contributed by atoms with Crippen LogP contribution in [0.15, 0.2) is 22.7 Å². The Bertz CT molecular complexity index is 1280. The van der Waals surface area contributed by atoms with Crippen LogP contribution in [0.3, 0.4) is 0 Å². The summed E-state index contributed by atoms with van der Waals surface area (Å²) >= 11 is 0. The summed E-state index contributed by atoms with van der Waals surface area (Å²) in [5.41, 5.74) is 8.50. The van der Waals surface area contributed by atoms with Gasteiger partial charge in [0.15, 0.2) is 11.5 Å². The number of hydrogen-bond acceptors (Lipinski definition) is 7. The maximum Gasteiger partial charge on any atom is 0.292 e. The zero-order chi connectivity index (χ0) is 22.3. The fourth-order valence-electron chi connectivity index (χ4n) is 3.60. The number of nitrogen functional groups attached to an aromatic ring is 1. The second-order valence-corrected chi connectivity index (χ2v) is 7.84. The van der Waals surface area contributed by atoms with E-state index in [1.807, 2.05) is 6.92 Å². The molecule has 10 heteroatoms. The van der Waals surface area contributed by atoms with Gasteiger partial charge in [0.2, 0.25) is 11.7 Å². The predicted octanol–water partition coefficient (Wildman–Crippen LogP) is 3.09. The highest BCUT2D eigenvalue weighted by molar-refractivity contribution is 5.94. The van der Waals surface area contributed by atoms with E-state index in [1.54, 1.807) is 31.9 Å². The molecule has 4 rings (SSSR count). The number of nitrogens with two attached hydrogens (primary N) is 1. The quantitative estimate of drug-likeness (QED) is 0.505. The average Bonchev–Trinajstić information content (AvgIpc) is 3.35. The molecule has 1 atom stereocenters. The minimum absolute atomic E-state index is 0.0146. The van der Waals surface area contributed by atoms with Crippen LogP contribution in [0, 0.1) is 19.7 Å². The maximum absolute atomic E-state index is 13.9. The Morgan fingerprint density at radius 1 is 1.29 bits per heavy atom. The number of nitrogens with zero attached hydrogens (tertiary/aromatic N) is 6. The van der Waals surface area contributed by atoms with E-state index in [0.717, 1.165) is 12.8 Å². The molecule has 3 aromatic heterocycles. The summed E-state index contributed by atoms with van der Waals surface area (Å²) in [6.45, 7) is 5.52. The number of hydrogen-bond donors (Lipinski definition) is 1. The zero-order valence-electron chi connectivity index (χ0n) is 17.9. The van der Waals surface area contributed by atoms with Gasteiger partial charge >= 0.3 is 0 Å². The van der Waals surface area contributed by atoms with E-state index >= 15 is 0 Å². The summed E-state index contributed by atoms with van der Waals surface area (Å²) in [5.74, 6) is 0.464. The van der Waals surface area contributed by atoms with Crippen LogP contribution >= 0.6 is 0 Å². The Morgan fingerprint density at radius 2 is 2.06 bits per heavy atom. The molecule has 0 aliphatic heterocycles. The molecule has 3 heterocycles. The van der Waals surface area contributed by atoms with Crippen molar-refractivity contribution in [1.82, 2.24) is 29.6 Å². The molecular weight excluding hydrogens is 401 g/mol. The minimum Gasteiger partial charge on any atom is -0.368 e. The van der Waals surface area contributed by atoms with Crippen LogP contribution < -0.4 is 5.73 Å². The van der Waals surface area contributed by atoms with Gasteiger partial charge in [-0.15, -0.1) is 5.10 Å². The van der Waals surface area contributed by atoms with E-state index < -0.39 is 0 Å². The van der Waals surface area contributed by atoms with Gasteiger partial charge < -0.3 is 15.2 Å². The van der Waals surface area contributed by atoms with E-state index in [-0.39, 0.29) is 29.5 Å². The number of amides is 1. The van der Waals surface area contributed by atoms with Gasteiger partial charge in [0.25, 0.3) is 5.91 Å². The highest BCUT2D eigenvalue weighted by atomic mass is 19.1. The van der Waals surface area contributed by atoms with E-state index in [1.165, 1.54) is 16.6 Å². The molecule has 0 aliphatic carbocycles. The van der Waals surface area contributed by atoms with Crippen LogP contribution in [-0.2, 0) is 6.42 Å². The van der Waals surface area contributed by atoms with Gasteiger partial charge in [-0.2, -0.15) is 4.52 Å². The average molecular weight is 425 g/mol. The lowest BCUT2D eigenvalue weighted by Crippen LogP contribution is -2.34. The van der Waals surface area contributed by atoms with Crippen molar-refractivity contribution >= 4 is 28.4 Å². The third-order valence-corrected chi connectivity index (χ3v) is 5.44. The van der Waals surface area contributed by atoms with Crippen molar-refractivity contribution in [2.45, 2.75) is 46.1 Å². The summed E-state index contributed by atoms with van der Waals surface area (Å²) in [7, 11) is 1.74. The molecule has 0 bridgehead atoms. The van der Waals surface area contributed by atoms with Gasteiger partial charge in [-0.1, -0.05) is 5.16 Å². The van der Waals surface area contributed by atoms with E-state index in [9.17, 15) is 9.18 Å². The van der Waals surface area contributed by atoms with Gasteiger partial charge in [-0.25, -0.2) is 14.4 Å². The topological polar surface area (TPSA) is 115 Å². The second kappa shape index (κ2) is 7.93. The van der Waals surface area contributed by atoms with Crippen molar-refractivity contribution in [2.24, 2.45) is 0 Å². The van der Waals surface area contributed by atoms with E-state index in [4.69, 9.17) is 10.3 Å². The maximum atomic E-state index is 13.9. The van der Waals surface area contributed by atoms with Crippen molar-refractivity contribution in [3.8, 4) is 0 Å². The standard InChI is InChI=1S/C21H24FN7O2/c1-11-8-14(22)10-15-18(11)25-21(23)29-19(15)24-17(26-29)7-5-6-13(3)28(4)20(30)16-9-12(2)27-31-16/h8-10,13H,5-7H2,1-4H3,(H2,23,25)/t13-/m0/s1. The van der Waals surface area contributed by atoms with Crippen molar-refractivity contribution in [2.75, 3.05) is 12.8 Å². The second-order valence-electron chi connectivity index (χ2n) is 7.84. The molecule has 0 spiro atoms. The molecule has 1 amide bonds. The van der Waals surface area contributed by atoms with Crippen molar-refractivity contribution in [3.05, 3.63) is 46.9 Å². The van der Waals surface area contributed by atoms with Gasteiger partial charge in [0, 0.05) is 31.0 Å². The predicted molar refractivity (Wildman–Crippen MR) is 113 cm³/mol. The minimum atomic E-state index is -0.355. The van der Waals surface area contributed by atoms with Crippen LogP contribution in [0.4, 0.5) is 10.3 Å². The number of carbonyl (C=O) groups is 1. The van der Waals surface area contributed by atoms with Crippen molar-refractivity contribution < 1.29 is 13.7 Å². The lowest BCUT2D eigenvalue weighted by molar-refractivity contribution is 0.0693. The molecule has 4 aromatic rings. The lowest BCUT2D eigenvalue weighted by Gasteiger charge is -2.23. The molecule has 162 valence electrons. The molecule has 31 heavy (non-hydrogen) atoms. The molecular formula is C21H24FN7O2. The number of rotatable bonds is 6. The number of aromatic nitrogens is 5. The Kier molecular flexibility index (Phi) is 5.30. The zero-order valence-corrected chi connectivity index (χ0v) is 17.9. The summed E-state index contributed by atoms with van der Waals surface area (Å²) in [6, 6.07) is 4.43. The van der Waals surface area contributed by atoms with E-state index in [0.29, 0.717) is 40.1 Å². The number of aryl methyl sites for hydroxylation is 3. The third-order valence-electron chi connectivity index (χ3n) is 5.44. The van der Waals surface area contributed by atoms with Crippen LogP contribution in [0.2, 0.25) is 0 Å². The number of anilines is 1. The highest BCUT2D eigenvalue weighted by Crippen LogP contribution is 2.24. The fourth-order valence-corrected chi connectivity index (χ4v) is 3.60. The first-order valence-corrected chi connectivity index (χ1v) is 10.1. The van der Waals surface area contributed by atoms with Crippen LogP contribution in [-0.4, -0.2) is 48.6 Å². The number of halogens is 1. The third kappa shape index (κ3) is 3.92. The number of carbonyl (C=O) groups excluding carboxylic acids is 1. The fraction of sp³-hybridized carbons (Fsp3) is 0.381. The number of benzene rings is 1. The Morgan fingerprint density at radius 3 is 2.77 bits per heavy atom. The highest BCUT2D eigenvalue weighted by Gasteiger charge is 2.21. The monoisotopic (exact) mass is 425 g/mol. The van der Waals surface area contributed by atoms with Gasteiger partial charge in [0.1, 0.15) is 5.82 Å². The normalized spacial score (nSPS) is 12.5. The molecule has 0 unspecified atom stereocenters. The first kappa shape index (κ1) is 20.7. The van der Waals surface area contributed by atoms with Crippen molar-refractivity contribution in [3.63, 3.8) is 0 Å². The molecule has 0 saturated heterocycles. The molecule has 2 N–H and O–H groups in total. The molecule has 0 radical (unpaired) electrons. The van der Waals surface area contributed by atoms with Crippen molar-refractivity contribution in [1.29, 1.82) is 0 Å². The van der Waals surface area contributed by atoms with Gasteiger partial charge in [-0.3, -0.25) is 4.79 Å². The molecule has 0 fully saturated rings. The number of fused-ring (bicyclic) bond motifs is 3. The van der Waals surface area contributed by atoms with Crippen LogP contribution in [0.25, 0.3) is 16.6 Å². The van der Waals surface area contributed by atoms with Crippen LogP contribution in [0.1, 0.15) is 47.4 Å². The van der Waals surface area contributed by atoms with Crippen LogP contribution in [0.5, 0.6) is 0 Å². The summed E-state index contributed by atoms with van der Waals surface area (Å²) in [5, 5.41) is 8.78. The Hall–Kier alpha value is -3.56. The molecule has 9 nitrogen and oxygen atoms in total. The SMILES string of the molecule is Cc1cc(C(=O)N(C)[C@@H](C)CCCc2nc3c4cc(F)cc(C)c4nc(N)n3n2)on1. The molecule has 0 aliphatic rings. The lowest BCUT2D eigenvalue weighted by atomic mass is 10.1. The summed E-state index contributed by atoms with van der Waals surface area (Å²) < 4.78 is 20.4. The molecule has 0 saturated carbocycles. The smallest absolute Gasteiger partial charge is 0.292 e.